The highest BCUT2D eigenvalue weighted by atomic mass is 15.3. The molecule has 1 N–H and O–H groups in total. The van der Waals surface area contributed by atoms with Crippen molar-refractivity contribution in [2.24, 2.45) is 0 Å². The van der Waals surface area contributed by atoms with Gasteiger partial charge in [-0.25, -0.2) is 0 Å². The number of nitrogens with zero attached hydrogens (tertiary/aromatic N) is 3. The number of aromatic amines is 1. The Hall–Kier alpha value is -1.06. The molecule has 0 aliphatic rings. The number of anilines is 1. The summed E-state index contributed by atoms with van der Waals surface area (Å²) in [6, 6.07) is 0. The molecule has 0 radical (unpaired) electrons. The first-order valence-electron chi connectivity index (χ1n) is 2.76. The fraction of sp³-hybridized carbons (Fsp3) is 0.667. The minimum Gasteiger partial charge on any atom is -0.346 e. The number of hydrogen-bond acceptors (Lipinski definition) is 3. The van der Waals surface area contributed by atoms with Crippen molar-refractivity contribution in [1.82, 2.24) is 15.2 Å². The average Bonchev–Trinajstić information content (AvgIpc) is 2.14. The standard InChI is InChI=1S/C5H10N4.CH4/c1-4-6-5(8-7-4)9(2)3;/h1-3H3,(H,6,7,8);1H4. The highest BCUT2D eigenvalue weighted by Crippen LogP contribution is 1.99. The smallest absolute Gasteiger partial charge is 0.244 e. The number of rotatable bonds is 1. The van der Waals surface area contributed by atoms with Crippen LogP contribution in [-0.4, -0.2) is 29.3 Å². The predicted molar refractivity (Wildman–Crippen MR) is 42.2 cm³/mol. The highest BCUT2D eigenvalue weighted by Gasteiger charge is 1.98. The van der Waals surface area contributed by atoms with Gasteiger partial charge in [-0.1, -0.05) is 7.43 Å². The van der Waals surface area contributed by atoms with E-state index in [4.69, 9.17) is 0 Å². The largest absolute Gasteiger partial charge is 0.346 e. The van der Waals surface area contributed by atoms with Crippen LogP contribution in [0.2, 0.25) is 0 Å². The lowest BCUT2D eigenvalue weighted by atomic mass is 10.7. The first-order chi connectivity index (χ1) is 4.20. The molecule has 4 nitrogen and oxygen atoms in total. The fourth-order valence-electron chi connectivity index (χ4n) is 0.531. The lowest BCUT2D eigenvalue weighted by Crippen LogP contribution is -2.10. The van der Waals surface area contributed by atoms with Gasteiger partial charge in [0.25, 0.3) is 0 Å². The molecule has 0 atom stereocenters. The normalized spacial score (nSPS) is 8.70. The Bertz CT molecular complexity index is 191. The van der Waals surface area contributed by atoms with Crippen LogP contribution in [0.4, 0.5) is 5.95 Å². The van der Waals surface area contributed by atoms with Crippen molar-refractivity contribution in [1.29, 1.82) is 0 Å². The summed E-state index contributed by atoms with van der Waals surface area (Å²) in [5.74, 6) is 1.58. The zero-order chi connectivity index (χ0) is 6.85. The summed E-state index contributed by atoms with van der Waals surface area (Å²) in [4.78, 5) is 5.92. The lowest BCUT2D eigenvalue weighted by Gasteiger charge is -2.03. The fourth-order valence-corrected chi connectivity index (χ4v) is 0.531. The topological polar surface area (TPSA) is 44.8 Å². The second kappa shape index (κ2) is 3.20. The molecule has 0 aliphatic heterocycles. The van der Waals surface area contributed by atoms with Crippen molar-refractivity contribution >= 4 is 5.95 Å². The Balaban J connectivity index is 0.000000810. The molecule has 0 saturated heterocycles. The Morgan fingerprint density at radius 2 is 2.00 bits per heavy atom. The SMILES string of the molecule is C.Cc1nc(N(C)C)n[nH]1. The lowest BCUT2D eigenvalue weighted by molar-refractivity contribution is 0.993. The Labute approximate surface area is 61.3 Å². The molecule has 0 saturated carbocycles. The van der Waals surface area contributed by atoms with E-state index >= 15 is 0 Å². The van der Waals surface area contributed by atoms with Crippen LogP contribution >= 0.6 is 0 Å². The molecule has 0 aromatic carbocycles. The zero-order valence-corrected chi connectivity index (χ0v) is 5.84. The highest BCUT2D eigenvalue weighted by molar-refractivity contribution is 5.24. The van der Waals surface area contributed by atoms with Crippen LogP contribution in [0.5, 0.6) is 0 Å². The molecule has 0 unspecified atom stereocenters. The van der Waals surface area contributed by atoms with E-state index in [-0.39, 0.29) is 7.43 Å². The van der Waals surface area contributed by atoms with Crippen molar-refractivity contribution in [3.8, 4) is 0 Å². The molecule has 0 amide bonds. The Morgan fingerprint density at radius 3 is 2.20 bits per heavy atom. The van der Waals surface area contributed by atoms with E-state index in [1.165, 1.54) is 0 Å². The van der Waals surface area contributed by atoms with Crippen LogP contribution in [0.3, 0.4) is 0 Å². The average molecular weight is 142 g/mol. The van der Waals surface area contributed by atoms with Gasteiger partial charge in [0.05, 0.1) is 0 Å². The van der Waals surface area contributed by atoms with Crippen molar-refractivity contribution in [2.45, 2.75) is 14.4 Å². The molecule has 58 valence electrons. The second-order valence-electron chi connectivity index (χ2n) is 2.12. The van der Waals surface area contributed by atoms with Crippen molar-refractivity contribution in [2.75, 3.05) is 19.0 Å². The van der Waals surface area contributed by atoms with Gasteiger partial charge in [0.15, 0.2) is 0 Å². The maximum atomic E-state index is 4.07. The van der Waals surface area contributed by atoms with Crippen molar-refractivity contribution < 1.29 is 0 Å². The zero-order valence-electron chi connectivity index (χ0n) is 5.84. The van der Waals surface area contributed by atoms with Crippen LogP contribution in [0, 0.1) is 6.92 Å². The van der Waals surface area contributed by atoms with Crippen LogP contribution in [-0.2, 0) is 0 Å². The molecule has 10 heavy (non-hydrogen) atoms. The maximum Gasteiger partial charge on any atom is 0.244 e. The van der Waals surface area contributed by atoms with E-state index in [0.717, 1.165) is 11.8 Å². The first kappa shape index (κ1) is 8.94. The summed E-state index contributed by atoms with van der Waals surface area (Å²) in [6.07, 6.45) is 0. The number of aromatic nitrogens is 3. The van der Waals surface area contributed by atoms with E-state index in [1.54, 1.807) is 0 Å². The Kier molecular flexibility index (Phi) is 2.86. The molecule has 1 aromatic rings. The third kappa shape index (κ3) is 1.72. The number of aryl methyl sites for hydroxylation is 1. The van der Waals surface area contributed by atoms with E-state index in [0.29, 0.717) is 0 Å². The summed E-state index contributed by atoms with van der Waals surface area (Å²) in [5.41, 5.74) is 0. The number of nitrogens with one attached hydrogen (secondary N) is 1. The van der Waals surface area contributed by atoms with Gasteiger partial charge in [-0.15, -0.1) is 5.10 Å². The molecule has 0 spiro atoms. The third-order valence-corrected chi connectivity index (χ3v) is 0.985. The van der Waals surface area contributed by atoms with E-state index < -0.39 is 0 Å². The van der Waals surface area contributed by atoms with Gasteiger partial charge in [-0.3, -0.25) is 5.10 Å². The molecular formula is C6H14N4. The molecule has 1 heterocycles. The third-order valence-electron chi connectivity index (χ3n) is 0.985. The molecule has 4 heteroatoms. The van der Waals surface area contributed by atoms with E-state index in [9.17, 15) is 0 Å². The van der Waals surface area contributed by atoms with Crippen LogP contribution in [0.15, 0.2) is 0 Å². The first-order valence-corrected chi connectivity index (χ1v) is 2.76. The quantitative estimate of drug-likeness (QED) is 0.631. The summed E-state index contributed by atoms with van der Waals surface area (Å²) in [6.45, 7) is 1.88. The molecule has 1 rings (SSSR count). The monoisotopic (exact) mass is 142 g/mol. The van der Waals surface area contributed by atoms with Crippen molar-refractivity contribution in [3.63, 3.8) is 0 Å². The summed E-state index contributed by atoms with van der Waals surface area (Å²) in [7, 11) is 3.81. The minimum absolute atomic E-state index is 0. The van der Waals surface area contributed by atoms with Gasteiger partial charge < -0.3 is 4.90 Å². The predicted octanol–water partition coefficient (Wildman–Crippen LogP) is 0.815. The second-order valence-corrected chi connectivity index (χ2v) is 2.12. The molecule has 0 fully saturated rings. The van der Waals surface area contributed by atoms with E-state index in [1.807, 2.05) is 25.9 Å². The Morgan fingerprint density at radius 1 is 1.40 bits per heavy atom. The summed E-state index contributed by atoms with van der Waals surface area (Å²) < 4.78 is 0. The molecule has 1 aromatic heterocycles. The van der Waals surface area contributed by atoms with E-state index in [2.05, 4.69) is 15.2 Å². The molecule has 0 aliphatic carbocycles. The van der Waals surface area contributed by atoms with Crippen LogP contribution in [0.25, 0.3) is 0 Å². The molecule has 0 bridgehead atoms. The minimum atomic E-state index is 0. The van der Waals surface area contributed by atoms with Gasteiger partial charge in [0.2, 0.25) is 5.95 Å². The van der Waals surface area contributed by atoms with Crippen LogP contribution < -0.4 is 4.90 Å². The maximum absolute atomic E-state index is 4.07. The van der Waals surface area contributed by atoms with Crippen LogP contribution in [0.1, 0.15) is 13.3 Å². The van der Waals surface area contributed by atoms with Gasteiger partial charge in [-0.05, 0) is 6.92 Å². The summed E-state index contributed by atoms with van der Waals surface area (Å²) in [5, 5.41) is 6.65. The van der Waals surface area contributed by atoms with Gasteiger partial charge in [0, 0.05) is 14.1 Å². The van der Waals surface area contributed by atoms with Gasteiger partial charge >= 0.3 is 0 Å². The molecular weight excluding hydrogens is 128 g/mol. The summed E-state index contributed by atoms with van der Waals surface area (Å²) >= 11 is 0. The number of H-pyrrole nitrogens is 1. The number of hydrogen-bond donors (Lipinski definition) is 1. The van der Waals surface area contributed by atoms with Gasteiger partial charge in [0.1, 0.15) is 5.82 Å². The van der Waals surface area contributed by atoms with Gasteiger partial charge in [-0.2, -0.15) is 4.98 Å². The van der Waals surface area contributed by atoms with Crippen molar-refractivity contribution in [3.05, 3.63) is 5.82 Å².